The summed E-state index contributed by atoms with van der Waals surface area (Å²) in [6.45, 7) is 14.0. The molecule has 0 bridgehead atoms. The van der Waals surface area contributed by atoms with Gasteiger partial charge in [0, 0.05) is 45.2 Å². The van der Waals surface area contributed by atoms with Crippen LogP contribution >= 0.6 is 24.0 Å². The zero-order valence-electron chi connectivity index (χ0n) is 16.4. The van der Waals surface area contributed by atoms with Gasteiger partial charge in [0.05, 0.1) is 13.2 Å². The van der Waals surface area contributed by atoms with Crippen LogP contribution in [-0.2, 0) is 4.74 Å². The van der Waals surface area contributed by atoms with E-state index in [1.165, 1.54) is 5.56 Å². The van der Waals surface area contributed by atoms with E-state index in [9.17, 15) is 0 Å². The van der Waals surface area contributed by atoms with Crippen LogP contribution in [0.1, 0.15) is 32.3 Å². The number of ether oxygens (including phenoxy) is 1. The van der Waals surface area contributed by atoms with Crippen molar-refractivity contribution in [3.63, 3.8) is 0 Å². The first-order chi connectivity index (χ1) is 12.2. The smallest absolute Gasteiger partial charge is 0.191 e. The highest BCUT2D eigenvalue weighted by atomic mass is 127. The minimum Gasteiger partial charge on any atom is -0.379 e. The molecule has 1 saturated heterocycles. The summed E-state index contributed by atoms with van der Waals surface area (Å²) in [5, 5.41) is 6.83. The summed E-state index contributed by atoms with van der Waals surface area (Å²) < 4.78 is 5.40. The first kappa shape index (κ1) is 23.2. The fourth-order valence-electron chi connectivity index (χ4n) is 3.09. The number of nitrogens with one attached hydrogen (secondary N) is 2. The molecule has 0 aliphatic carbocycles. The van der Waals surface area contributed by atoms with Gasteiger partial charge in [-0.05, 0) is 18.4 Å². The molecule has 2 N–H and O–H groups in total. The fraction of sp³-hybridized carbons (Fsp3) is 0.650. The lowest BCUT2D eigenvalue weighted by Gasteiger charge is -2.27. The van der Waals surface area contributed by atoms with Crippen LogP contribution in [0, 0.1) is 5.92 Å². The molecular formula is C20H35IN4O. The maximum absolute atomic E-state index is 5.40. The van der Waals surface area contributed by atoms with E-state index in [0.717, 1.165) is 58.4 Å². The maximum Gasteiger partial charge on any atom is 0.191 e. The van der Waals surface area contributed by atoms with Gasteiger partial charge in [0.2, 0.25) is 0 Å². The standard InChI is InChI=1S/C20H34N4O.HI/c1-4-21-20(22-10-11-24-12-14-25-15-13-24)23-16-19(17(2)3)18-8-6-5-7-9-18;/h5-9,17,19H,4,10-16H2,1-3H3,(H2,21,22,23);1H. The van der Waals surface area contributed by atoms with Crippen molar-refractivity contribution in [1.82, 2.24) is 15.5 Å². The Labute approximate surface area is 176 Å². The van der Waals surface area contributed by atoms with Gasteiger partial charge >= 0.3 is 0 Å². The third-order valence-corrected chi connectivity index (χ3v) is 4.65. The van der Waals surface area contributed by atoms with Crippen LogP contribution in [0.2, 0.25) is 0 Å². The number of aliphatic imine (C=N–C) groups is 1. The maximum atomic E-state index is 5.40. The van der Waals surface area contributed by atoms with Crippen LogP contribution in [0.25, 0.3) is 0 Å². The lowest BCUT2D eigenvalue weighted by atomic mass is 9.88. The summed E-state index contributed by atoms with van der Waals surface area (Å²) in [6.07, 6.45) is 0. The molecule has 1 aromatic rings. The van der Waals surface area contributed by atoms with Crippen molar-refractivity contribution >= 4 is 29.9 Å². The van der Waals surface area contributed by atoms with Crippen LogP contribution in [-0.4, -0.2) is 63.3 Å². The molecule has 0 amide bonds. The van der Waals surface area contributed by atoms with E-state index >= 15 is 0 Å². The molecular weight excluding hydrogens is 439 g/mol. The molecule has 26 heavy (non-hydrogen) atoms. The molecule has 0 aromatic heterocycles. The molecule has 2 rings (SSSR count). The Kier molecular flexibility index (Phi) is 11.9. The molecule has 1 unspecified atom stereocenters. The lowest BCUT2D eigenvalue weighted by molar-refractivity contribution is 0.0389. The lowest BCUT2D eigenvalue weighted by Crippen LogP contribution is -2.44. The van der Waals surface area contributed by atoms with E-state index in [1.54, 1.807) is 0 Å². The van der Waals surface area contributed by atoms with Crippen molar-refractivity contribution < 1.29 is 4.74 Å². The number of rotatable bonds is 8. The number of halogens is 1. The first-order valence-corrected chi connectivity index (χ1v) is 9.58. The fourth-order valence-corrected chi connectivity index (χ4v) is 3.09. The molecule has 1 aliphatic heterocycles. The van der Waals surface area contributed by atoms with Gasteiger partial charge in [-0.1, -0.05) is 44.2 Å². The number of benzene rings is 1. The monoisotopic (exact) mass is 474 g/mol. The molecule has 1 aliphatic rings. The van der Waals surface area contributed by atoms with E-state index in [0.29, 0.717) is 11.8 Å². The van der Waals surface area contributed by atoms with Crippen LogP contribution in [0.15, 0.2) is 35.3 Å². The number of guanidine groups is 1. The van der Waals surface area contributed by atoms with Crippen molar-refractivity contribution in [2.75, 3.05) is 52.5 Å². The quantitative estimate of drug-likeness (QED) is 0.346. The van der Waals surface area contributed by atoms with Crippen molar-refractivity contribution in [3.05, 3.63) is 35.9 Å². The summed E-state index contributed by atoms with van der Waals surface area (Å²) in [6, 6.07) is 10.7. The van der Waals surface area contributed by atoms with Gasteiger partial charge in [0.1, 0.15) is 0 Å². The van der Waals surface area contributed by atoms with Gasteiger partial charge in [-0.2, -0.15) is 0 Å². The van der Waals surface area contributed by atoms with Gasteiger partial charge in [-0.15, -0.1) is 24.0 Å². The Morgan fingerprint density at radius 3 is 2.46 bits per heavy atom. The van der Waals surface area contributed by atoms with E-state index < -0.39 is 0 Å². The molecule has 5 nitrogen and oxygen atoms in total. The third kappa shape index (κ3) is 8.22. The highest BCUT2D eigenvalue weighted by Gasteiger charge is 2.15. The second kappa shape index (κ2) is 13.3. The topological polar surface area (TPSA) is 48.9 Å². The van der Waals surface area contributed by atoms with Gasteiger partial charge in [-0.3, -0.25) is 9.89 Å². The summed E-state index contributed by atoms with van der Waals surface area (Å²) in [4.78, 5) is 7.28. The summed E-state index contributed by atoms with van der Waals surface area (Å²) >= 11 is 0. The Morgan fingerprint density at radius 1 is 1.15 bits per heavy atom. The van der Waals surface area contributed by atoms with Crippen molar-refractivity contribution in [2.24, 2.45) is 10.9 Å². The molecule has 1 heterocycles. The third-order valence-electron chi connectivity index (χ3n) is 4.65. The Hall–Kier alpha value is -0.860. The highest BCUT2D eigenvalue weighted by molar-refractivity contribution is 14.0. The Morgan fingerprint density at radius 2 is 1.85 bits per heavy atom. The second-order valence-electron chi connectivity index (χ2n) is 6.86. The molecule has 1 aromatic carbocycles. The Balaban J connectivity index is 0.00000338. The van der Waals surface area contributed by atoms with Crippen LogP contribution in [0.3, 0.4) is 0 Å². The molecule has 1 fully saturated rings. The van der Waals surface area contributed by atoms with Crippen molar-refractivity contribution in [1.29, 1.82) is 0 Å². The predicted octanol–water partition coefficient (Wildman–Crippen LogP) is 2.93. The number of hydrogen-bond acceptors (Lipinski definition) is 3. The molecule has 0 spiro atoms. The van der Waals surface area contributed by atoms with Crippen molar-refractivity contribution in [3.8, 4) is 0 Å². The number of hydrogen-bond donors (Lipinski definition) is 2. The van der Waals surface area contributed by atoms with Crippen LogP contribution in [0.4, 0.5) is 0 Å². The van der Waals surface area contributed by atoms with Gasteiger partial charge in [0.15, 0.2) is 5.96 Å². The minimum atomic E-state index is 0. The Bertz CT molecular complexity index is 504. The highest BCUT2D eigenvalue weighted by Crippen LogP contribution is 2.24. The van der Waals surface area contributed by atoms with Crippen LogP contribution in [0.5, 0.6) is 0 Å². The molecule has 0 saturated carbocycles. The normalized spacial score (nSPS) is 16.8. The van der Waals surface area contributed by atoms with Crippen LogP contribution < -0.4 is 10.6 Å². The zero-order chi connectivity index (χ0) is 17.9. The molecule has 1 atom stereocenters. The first-order valence-electron chi connectivity index (χ1n) is 9.58. The average Bonchev–Trinajstić information content (AvgIpc) is 2.63. The van der Waals surface area contributed by atoms with E-state index in [4.69, 9.17) is 9.73 Å². The molecule has 148 valence electrons. The van der Waals surface area contributed by atoms with Gasteiger partial charge in [-0.25, -0.2) is 0 Å². The average molecular weight is 474 g/mol. The molecule has 6 heteroatoms. The van der Waals surface area contributed by atoms with E-state index in [-0.39, 0.29) is 24.0 Å². The van der Waals surface area contributed by atoms with Gasteiger partial charge in [0.25, 0.3) is 0 Å². The van der Waals surface area contributed by atoms with Gasteiger partial charge < -0.3 is 15.4 Å². The second-order valence-corrected chi connectivity index (χ2v) is 6.86. The summed E-state index contributed by atoms with van der Waals surface area (Å²) in [5.74, 6) is 1.91. The van der Waals surface area contributed by atoms with Crippen molar-refractivity contribution in [2.45, 2.75) is 26.7 Å². The number of nitrogens with zero attached hydrogens (tertiary/aromatic N) is 2. The molecule has 0 radical (unpaired) electrons. The van der Waals surface area contributed by atoms with E-state index in [1.807, 2.05) is 0 Å². The zero-order valence-corrected chi connectivity index (χ0v) is 18.7. The SMILES string of the molecule is CCNC(=NCC(c1ccccc1)C(C)C)NCCN1CCOCC1.I. The predicted molar refractivity (Wildman–Crippen MR) is 121 cm³/mol. The summed E-state index contributed by atoms with van der Waals surface area (Å²) in [5.41, 5.74) is 1.37. The summed E-state index contributed by atoms with van der Waals surface area (Å²) in [7, 11) is 0. The largest absolute Gasteiger partial charge is 0.379 e. The number of morpholine rings is 1. The minimum absolute atomic E-state index is 0. The van der Waals surface area contributed by atoms with E-state index in [2.05, 4.69) is 66.6 Å².